The Morgan fingerprint density at radius 2 is 1.81 bits per heavy atom. The molecule has 2 aromatic carbocycles. The minimum atomic E-state index is -0.645. The van der Waals surface area contributed by atoms with Gasteiger partial charge in [0.05, 0.1) is 6.61 Å². The van der Waals surface area contributed by atoms with Crippen LogP contribution >= 0.6 is 15.9 Å². The van der Waals surface area contributed by atoms with Gasteiger partial charge in [-0.1, -0.05) is 35.8 Å². The fourth-order valence-electron chi connectivity index (χ4n) is 2.41. The Morgan fingerprint density at radius 1 is 1.12 bits per heavy atom. The molecule has 0 bridgehead atoms. The third-order valence-electron chi connectivity index (χ3n) is 3.76. The van der Waals surface area contributed by atoms with E-state index in [0.29, 0.717) is 23.6 Å². The summed E-state index contributed by atoms with van der Waals surface area (Å²) in [6.07, 6.45) is 0. The summed E-state index contributed by atoms with van der Waals surface area (Å²) in [5.74, 6) is 0.0965. The summed E-state index contributed by atoms with van der Waals surface area (Å²) in [7, 11) is 0. The zero-order valence-corrected chi connectivity index (χ0v) is 16.7. The second-order valence-corrected chi connectivity index (χ2v) is 7.07. The number of hydrogen-bond donors (Lipinski definition) is 2. The molecule has 138 valence electrons. The van der Waals surface area contributed by atoms with Crippen LogP contribution in [0, 0.1) is 5.92 Å². The quantitative estimate of drug-likeness (QED) is 0.706. The Kier molecular flexibility index (Phi) is 7.21. The van der Waals surface area contributed by atoms with Crippen LogP contribution in [0.15, 0.2) is 53.0 Å². The molecule has 6 heteroatoms. The smallest absolute Gasteiger partial charge is 0.251 e. The molecule has 0 radical (unpaired) electrons. The summed E-state index contributed by atoms with van der Waals surface area (Å²) in [5.41, 5.74) is 1.15. The average Bonchev–Trinajstić information content (AvgIpc) is 2.60. The molecular weight excluding hydrogens is 396 g/mol. The molecule has 2 aromatic rings. The molecule has 0 saturated heterocycles. The molecule has 2 amide bonds. The van der Waals surface area contributed by atoms with Gasteiger partial charge in [-0.15, -0.1) is 0 Å². The van der Waals surface area contributed by atoms with Crippen LogP contribution in [-0.2, 0) is 4.79 Å². The van der Waals surface area contributed by atoms with Crippen LogP contribution in [0.3, 0.4) is 0 Å². The minimum Gasteiger partial charge on any atom is -0.494 e. The maximum absolute atomic E-state index is 12.6. The van der Waals surface area contributed by atoms with Crippen molar-refractivity contribution in [2.24, 2.45) is 5.92 Å². The van der Waals surface area contributed by atoms with Gasteiger partial charge in [0.15, 0.2) is 0 Å². The van der Waals surface area contributed by atoms with Crippen molar-refractivity contribution < 1.29 is 14.3 Å². The number of nitrogens with one attached hydrogen (secondary N) is 2. The van der Waals surface area contributed by atoms with Crippen LogP contribution in [0.2, 0.25) is 0 Å². The lowest BCUT2D eigenvalue weighted by Crippen LogP contribution is -2.47. The molecule has 1 atom stereocenters. The molecule has 2 N–H and O–H groups in total. The van der Waals surface area contributed by atoms with Crippen LogP contribution in [0.5, 0.6) is 5.75 Å². The SMILES string of the molecule is CCOc1ccc(C(=O)N[C@H](C(=O)Nc2cccc(Br)c2)C(C)C)cc1. The highest BCUT2D eigenvalue weighted by Crippen LogP contribution is 2.17. The standard InChI is InChI=1S/C20H23BrN2O3/c1-4-26-17-10-8-14(9-11-17)19(24)23-18(13(2)3)20(25)22-16-7-5-6-15(21)12-16/h5-13,18H,4H2,1-3H3,(H,22,25)(H,23,24)/t18-/m0/s1. The van der Waals surface area contributed by atoms with Gasteiger partial charge in [0.2, 0.25) is 5.91 Å². The van der Waals surface area contributed by atoms with Crippen molar-refractivity contribution in [3.63, 3.8) is 0 Å². The fourth-order valence-corrected chi connectivity index (χ4v) is 2.81. The summed E-state index contributed by atoms with van der Waals surface area (Å²) in [6.45, 7) is 6.25. The fraction of sp³-hybridized carbons (Fsp3) is 0.300. The number of ether oxygens (including phenoxy) is 1. The monoisotopic (exact) mass is 418 g/mol. The second kappa shape index (κ2) is 9.38. The summed E-state index contributed by atoms with van der Waals surface area (Å²) < 4.78 is 6.24. The first-order valence-electron chi connectivity index (χ1n) is 8.51. The first-order valence-corrected chi connectivity index (χ1v) is 9.30. The Balaban J connectivity index is 2.06. The maximum Gasteiger partial charge on any atom is 0.251 e. The van der Waals surface area contributed by atoms with Gasteiger partial charge < -0.3 is 15.4 Å². The molecule has 0 aliphatic heterocycles. The Labute approximate surface area is 162 Å². The van der Waals surface area contributed by atoms with E-state index in [9.17, 15) is 9.59 Å². The Morgan fingerprint density at radius 3 is 2.38 bits per heavy atom. The zero-order chi connectivity index (χ0) is 19.1. The molecule has 0 aliphatic rings. The topological polar surface area (TPSA) is 67.4 Å². The molecule has 0 aliphatic carbocycles. The van der Waals surface area contributed by atoms with E-state index < -0.39 is 6.04 Å². The lowest BCUT2D eigenvalue weighted by molar-refractivity contribution is -0.118. The molecule has 5 nitrogen and oxygen atoms in total. The van der Waals surface area contributed by atoms with Crippen LogP contribution in [-0.4, -0.2) is 24.5 Å². The highest BCUT2D eigenvalue weighted by molar-refractivity contribution is 9.10. The van der Waals surface area contributed by atoms with Crippen molar-refractivity contribution in [3.05, 3.63) is 58.6 Å². The van der Waals surface area contributed by atoms with Gasteiger partial charge in [-0.3, -0.25) is 9.59 Å². The summed E-state index contributed by atoms with van der Waals surface area (Å²) >= 11 is 3.37. The van der Waals surface area contributed by atoms with Crippen molar-refractivity contribution in [1.29, 1.82) is 0 Å². The van der Waals surface area contributed by atoms with Crippen LogP contribution in [0.4, 0.5) is 5.69 Å². The summed E-state index contributed by atoms with van der Waals surface area (Å²) in [4.78, 5) is 25.1. The van der Waals surface area contributed by atoms with Crippen molar-refractivity contribution in [2.45, 2.75) is 26.8 Å². The molecule has 0 unspecified atom stereocenters. The molecule has 26 heavy (non-hydrogen) atoms. The lowest BCUT2D eigenvalue weighted by Gasteiger charge is -2.22. The normalized spacial score (nSPS) is 11.7. The maximum atomic E-state index is 12.6. The van der Waals surface area contributed by atoms with Crippen LogP contribution < -0.4 is 15.4 Å². The van der Waals surface area contributed by atoms with E-state index in [1.807, 2.05) is 39.0 Å². The third-order valence-corrected chi connectivity index (χ3v) is 4.25. The van der Waals surface area contributed by atoms with E-state index in [1.165, 1.54) is 0 Å². The molecule has 2 rings (SSSR count). The van der Waals surface area contributed by atoms with E-state index in [-0.39, 0.29) is 17.7 Å². The number of carbonyl (C=O) groups is 2. The van der Waals surface area contributed by atoms with Crippen molar-refractivity contribution in [1.82, 2.24) is 5.32 Å². The average molecular weight is 419 g/mol. The highest BCUT2D eigenvalue weighted by Gasteiger charge is 2.24. The predicted molar refractivity (Wildman–Crippen MR) is 106 cm³/mol. The van der Waals surface area contributed by atoms with Crippen molar-refractivity contribution in [2.75, 3.05) is 11.9 Å². The van der Waals surface area contributed by atoms with Crippen LogP contribution in [0.25, 0.3) is 0 Å². The summed E-state index contributed by atoms with van der Waals surface area (Å²) in [5, 5.41) is 5.66. The van der Waals surface area contributed by atoms with E-state index in [2.05, 4.69) is 26.6 Å². The van der Waals surface area contributed by atoms with Gasteiger partial charge in [0.25, 0.3) is 5.91 Å². The zero-order valence-electron chi connectivity index (χ0n) is 15.1. The van der Waals surface area contributed by atoms with Crippen molar-refractivity contribution in [3.8, 4) is 5.75 Å². The molecule has 0 fully saturated rings. The van der Waals surface area contributed by atoms with Gasteiger partial charge in [-0.25, -0.2) is 0 Å². The van der Waals surface area contributed by atoms with E-state index >= 15 is 0 Å². The van der Waals surface area contributed by atoms with Crippen molar-refractivity contribution >= 4 is 33.4 Å². The number of halogens is 1. The highest BCUT2D eigenvalue weighted by atomic mass is 79.9. The Bertz CT molecular complexity index is 760. The molecular formula is C20H23BrN2O3. The first-order chi connectivity index (χ1) is 12.4. The van der Waals surface area contributed by atoms with Gasteiger partial charge in [0.1, 0.15) is 11.8 Å². The summed E-state index contributed by atoms with van der Waals surface area (Å²) in [6, 6.07) is 13.5. The largest absolute Gasteiger partial charge is 0.494 e. The molecule has 0 spiro atoms. The number of carbonyl (C=O) groups excluding carboxylic acids is 2. The number of hydrogen-bond acceptors (Lipinski definition) is 3. The van der Waals surface area contributed by atoms with E-state index in [0.717, 1.165) is 4.47 Å². The minimum absolute atomic E-state index is 0.0613. The van der Waals surface area contributed by atoms with Crippen LogP contribution in [0.1, 0.15) is 31.1 Å². The molecule has 0 saturated carbocycles. The van der Waals surface area contributed by atoms with Gasteiger partial charge in [-0.2, -0.15) is 0 Å². The second-order valence-electron chi connectivity index (χ2n) is 6.15. The third kappa shape index (κ3) is 5.59. The lowest BCUT2D eigenvalue weighted by atomic mass is 10.0. The van der Waals surface area contributed by atoms with Gasteiger partial charge in [-0.05, 0) is 55.3 Å². The molecule has 0 heterocycles. The number of anilines is 1. The first kappa shape index (κ1) is 20.0. The number of amides is 2. The number of benzene rings is 2. The van der Waals surface area contributed by atoms with Gasteiger partial charge >= 0.3 is 0 Å². The van der Waals surface area contributed by atoms with Gasteiger partial charge in [0, 0.05) is 15.7 Å². The van der Waals surface area contributed by atoms with E-state index in [4.69, 9.17) is 4.74 Å². The predicted octanol–water partition coefficient (Wildman–Crippen LogP) is 4.24. The number of rotatable bonds is 7. The Hall–Kier alpha value is -2.34. The molecule has 0 aromatic heterocycles. The van der Waals surface area contributed by atoms with E-state index in [1.54, 1.807) is 30.3 Å².